The van der Waals surface area contributed by atoms with Crippen LogP contribution in [0.1, 0.15) is 10.4 Å². The fourth-order valence-electron chi connectivity index (χ4n) is 1.11. The van der Waals surface area contributed by atoms with E-state index in [1.54, 1.807) is 12.1 Å². The molecule has 0 aliphatic rings. The molecule has 1 aromatic carbocycles. The van der Waals surface area contributed by atoms with Crippen LogP contribution in [0.4, 0.5) is 5.69 Å². The van der Waals surface area contributed by atoms with Crippen molar-refractivity contribution >= 4 is 33.5 Å². The topological polar surface area (TPSA) is 81.4 Å². The normalized spacial score (nSPS) is 9.33. The van der Waals surface area contributed by atoms with Crippen LogP contribution in [0.5, 0.6) is 0 Å². The van der Waals surface area contributed by atoms with E-state index in [4.69, 9.17) is 16.9 Å². The van der Waals surface area contributed by atoms with Gasteiger partial charge in [0.1, 0.15) is 0 Å². The molecule has 0 fully saturated rings. The predicted octanol–water partition coefficient (Wildman–Crippen LogP) is 0.937. The molecule has 18 heavy (non-hydrogen) atoms. The minimum atomic E-state index is -0.662. The summed E-state index contributed by atoms with van der Waals surface area (Å²) in [6.07, 6.45) is 4.97. The second-order valence-electron chi connectivity index (χ2n) is 3.29. The van der Waals surface area contributed by atoms with E-state index in [-0.39, 0.29) is 17.8 Å². The highest BCUT2D eigenvalue weighted by molar-refractivity contribution is 9.10. The Morgan fingerprint density at radius 1 is 1.50 bits per heavy atom. The molecule has 3 N–H and O–H groups in total. The summed E-state index contributed by atoms with van der Waals surface area (Å²) >= 11 is 3.21. The highest BCUT2D eigenvalue weighted by atomic mass is 79.9. The molecule has 0 unspecified atom stereocenters. The summed E-state index contributed by atoms with van der Waals surface area (Å²) in [5.74, 6) is 1.11. The van der Waals surface area contributed by atoms with Gasteiger partial charge < -0.3 is 15.8 Å². The number of carbonyl (C=O) groups excluding carboxylic acids is 2. The van der Waals surface area contributed by atoms with Gasteiger partial charge in [-0.05, 0) is 18.2 Å². The van der Waals surface area contributed by atoms with Crippen molar-refractivity contribution in [2.24, 2.45) is 0 Å². The van der Waals surface area contributed by atoms with Gasteiger partial charge in [0, 0.05) is 10.2 Å². The van der Waals surface area contributed by atoms with E-state index >= 15 is 0 Å². The van der Waals surface area contributed by atoms with Crippen molar-refractivity contribution in [1.29, 1.82) is 0 Å². The smallest absolute Gasteiger partial charge is 0.340 e. The lowest BCUT2D eigenvalue weighted by Crippen LogP contribution is -2.29. The third-order valence-corrected chi connectivity index (χ3v) is 2.45. The Morgan fingerprint density at radius 3 is 2.89 bits per heavy atom. The van der Waals surface area contributed by atoms with Crippen molar-refractivity contribution in [2.75, 3.05) is 18.9 Å². The molecule has 6 heteroatoms. The summed E-state index contributed by atoms with van der Waals surface area (Å²) in [6, 6.07) is 4.79. The maximum Gasteiger partial charge on any atom is 0.340 e. The molecule has 0 spiro atoms. The molecule has 0 aromatic heterocycles. The highest BCUT2D eigenvalue weighted by Gasteiger charge is 2.13. The number of hydrogen-bond donors (Lipinski definition) is 2. The van der Waals surface area contributed by atoms with Crippen LogP contribution in [-0.4, -0.2) is 25.0 Å². The number of benzene rings is 1. The number of nitrogens with two attached hydrogens (primary N) is 1. The molecule has 0 aliphatic carbocycles. The van der Waals surface area contributed by atoms with E-state index in [9.17, 15) is 9.59 Å². The Morgan fingerprint density at radius 2 is 2.22 bits per heavy atom. The van der Waals surface area contributed by atoms with Crippen LogP contribution in [0, 0.1) is 12.3 Å². The molecule has 94 valence electrons. The lowest BCUT2D eigenvalue weighted by molar-refractivity contribution is -0.123. The molecule has 5 nitrogen and oxygen atoms in total. The zero-order chi connectivity index (χ0) is 13.5. The van der Waals surface area contributed by atoms with Gasteiger partial charge in [-0.15, -0.1) is 6.42 Å². The molecule has 0 atom stereocenters. The molecule has 0 aliphatic heterocycles. The number of terminal acetylenes is 1. The van der Waals surface area contributed by atoms with Gasteiger partial charge >= 0.3 is 5.97 Å². The highest BCUT2D eigenvalue weighted by Crippen LogP contribution is 2.19. The third kappa shape index (κ3) is 4.11. The second-order valence-corrected chi connectivity index (χ2v) is 4.20. The Balaban J connectivity index is 2.58. The average Bonchev–Trinajstić information content (AvgIpc) is 2.36. The molecule has 0 heterocycles. The molecule has 0 saturated carbocycles. The fourth-order valence-corrected chi connectivity index (χ4v) is 1.48. The van der Waals surface area contributed by atoms with Gasteiger partial charge in [-0.3, -0.25) is 4.79 Å². The molecule has 0 bridgehead atoms. The summed E-state index contributed by atoms with van der Waals surface area (Å²) in [6.45, 7) is -0.304. The number of ether oxygens (including phenoxy) is 1. The number of hydrogen-bond acceptors (Lipinski definition) is 4. The van der Waals surface area contributed by atoms with E-state index in [1.165, 1.54) is 6.07 Å². The largest absolute Gasteiger partial charge is 0.452 e. The van der Waals surface area contributed by atoms with Gasteiger partial charge in [0.2, 0.25) is 0 Å². The Bertz CT molecular complexity index is 509. The van der Waals surface area contributed by atoms with E-state index in [0.29, 0.717) is 4.47 Å². The second kappa shape index (κ2) is 6.67. The van der Waals surface area contributed by atoms with Gasteiger partial charge in [-0.1, -0.05) is 21.9 Å². The van der Waals surface area contributed by atoms with Crippen LogP contribution in [0.15, 0.2) is 22.7 Å². The van der Waals surface area contributed by atoms with E-state index in [2.05, 4.69) is 27.2 Å². The molecule has 1 aromatic rings. The first-order chi connectivity index (χ1) is 8.54. The number of esters is 1. The van der Waals surface area contributed by atoms with Crippen molar-refractivity contribution in [2.45, 2.75) is 0 Å². The number of nitrogens with one attached hydrogen (secondary N) is 1. The Labute approximate surface area is 113 Å². The molecule has 1 amide bonds. The van der Waals surface area contributed by atoms with Crippen LogP contribution in [0.25, 0.3) is 0 Å². The van der Waals surface area contributed by atoms with Crippen molar-refractivity contribution in [1.82, 2.24) is 5.32 Å². The number of nitrogen functional groups attached to an aromatic ring is 1. The summed E-state index contributed by atoms with van der Waals surface area (Å²) in [7, 11) is 0. The first-order valence-corrected chi connectivity index (χ1v) is 5.76. The van der Waals surface area contributed by atoms with Crippen LogP contribution < -0.4 is 11.1 Å². The number of halogens is 1. The van der Waals surface area contributed by atoms with E-state index in [1.807, 2.05) is 0 Å². The van der Waals surface area contributed by atoms with Crippen LogP contribution in [0.2, 0.25) is 0 Å². The standard InChI is InChI=1S/C12H11BrN2O3/c1-2-5-15-11(16)7-18-12(17)9-6-8(13)3-4-10(9)14/h1,3-4,6H,5,7,14H2,(H,15,16). The zero-order valence-corrected chi connectivity index (χ0v) is 11.0. The number of amides is 1. The first-order valence-electron chi connectivity index (χ1n) is 4.97. The SMILES string of the molecule is C#CCNC(=O)COC(=O)c1cc(Br)ccc1N. The number of anilines is 1. The maximum absolute atomic E-state index is 11.7. The summed E-state index contributed by atoms with van der Waals surface area (Å²) in [5, 5.41) is 2.37. The van der Waals surface area contributed by atoms with Crippen molar-refractivity contribution in [3.05, 3.63) is 28.2 Å². The van der Waals surface area contributed by atoms with Crippen LogP contribution in [0.3, 0.4) is 0 Å². The molecule has 0 radical (unpaired) electrons. The van der Waals surface area contributed by atoms with E-state index in [0.717, 1.165) is 0 Å². The number of rotatable bonds is 4. The third-order valence-electron chi connectivity index (χ3n) is 1.96. The van der Waals surface area contributed by atoms with Gasteiger partial charge in [-0.2, -0.15) is 0 Å². The molecule has 1 rings (SSSR count). The molecule has 0 saturated heterocycles. The quantitative estimate of drug-likeness (QED) is 0.492. The monoisotopic (exact) mass is 310 g/mol. The fraction of sp³-hybridized carbons (Fsp3) is 0.167. The summed E-state index contributed by atoms with van der Waals surface area (Å²) in [4.78, 5) is 22.8. The maximum atomic E-state index is 11.7. The lowest BCUT2D eigenvalue weighted by atomic mass is 10.2. The van der Waals surface area contributed by atoms with Crippen molar-refractivity contribution in [3.8, 4) is 12.3 Å². The van der Waals surface area contributed by atoms with Gasteiger partial charge in [0.15, 0.2) is 6.61 Å². The Hall–Kier alpha value is -2.00. The lowest BCUT2D eigenvalue weighted by Gasteiger charge is -2.07. The summed E-state index contributed by atoms with van der Waals surface area (Å²) < 4.78 is 5.50. The van der Waals surface area contributed by atoms with Gasteiger partial charge in [0.25, 0.3) is 5.91 Å². The van der Waals surface area contributed by atoms with E-state index < -0.39 is 18.5 Å². The average molecular weight is 311 g/mol. The van der Waals surface area contributed by atoms with Crippen molar-refractivity contribution in [3.63, 3.8) is 0 Å². The molecular formula is C12H11BrN2O3. The van der Waals surface area contributed by atoms with Crippen LogP contribution >= 0.6 is 15.9 Å². The first kappa shape index (κ1) is 14.1. The Kier molecular flexibility index (Phi) is 5.21. The number of carbonyl (C=O) groups is 2. The minimum absolute atomic E-state index is 0.0927. The van der Waals surface area contributed by atoms with Crippen LogP contribution in [-0.2, 0) is 9.53 Å². The molecular weight excluding hydrogens is 300 g/mol. The predicted molar refractivity (Wildman–Crippen MR) is 70.7 cm³/mol. The zero-order valence-electron chi connectivity index (χ0n) is 9.40. The van der Waals surface area contributed by atoms with Gasteiger partial charge in [-0.25, -0.2) is 4.79 Å². The summed E-state index contributed by atoms with van der Waals surface area (Å²) in [5.41, 5.74) is 6.12. The minimum Gasteiger partial charge on any atom is -0.452 e. The van der Waals surface area contributed by atoms with Gasteiger partial charge in [0.05, 0.1) is 12.1 Å². The van der Waals surface area contributed by atoms with Crippen molar-refractivity contribution < 1.29 is 14.3 Å².